The highest BCUT2D eigenvalue weighted by molar-refractivity contribution is 7.89. The first-order chi connectivity index (χ1) is 19.7. The Kier molecular flexibility index (Phi) is 10.1. The summed E-state index contributed by atoms with van der Waals surface area (Å²) in [7, 11) is -4.01. The van der Waals surface area contributed by atoms with Crippen molar-refractivity contribution in [3.63, 3.8) is 0 Å². The van der Waals surface area contributed by atoms with Crippen LogP contribution in [0.15, 0.2) is 108 Å². The van der Waals surface area contributed by atoms with Gasteiger partial charge in [0.15, 0.2) is 0 Å². The molecular weight excluding hydrogens is 534 g/mol. The van der Waals surface area contributed by atoms with Crippen molar-refractivity contribution in [1.29, 1.82) is 0 Å². The zero-order valence-electron chi connectivity index (χ0n) is 24.0. The smallest absolute Gasteiger partial charge is 0.332 e. The van der Waals surface area contributed by atoms with Crippen molar-refractivity contribution < 1.29 is 22.7 Å². The maximum absolute atomic E-state index is 14.4. The third-order valence-corrected chi connectivity index (χ3v) is 9.20. The van der Waals surface area contributed by atoms with E-state index in [1.807, 2.05) is 124 Å². The lowest BCUT2D eigenvalue weighted by atomic mass is 10.0. The molecule has 4 aromatic carbocycles. The summed E-state index contributed by atoms with van der Waals surface area (Å²) in [6, 6.07) is 31.3. The minimum atomic E-state index is -4.01. The Morgan fingerprint density at radius 3 is 1.85 bits per heavy atom. The minimum absolute atomic E-state index is 0.114. The molecule has 0 heterocycles. The van der Waals surface area contributed by atoms with Gasteiger partial charge in [0.25, 0.3) is 0 Å². The van der Waals surface area contributed by atoms with E-state index in [9.17, 15) is 13.2 Å². The normalized spacial score (nSPS) is 13.1. The van der Waals surface area contributed by atoms with E-state index >= 15 is 0 Å². The van der Waals surface area contributed by atoms with Crippen LogP contribution in [0.2, 0.25) is 0 Å². The number of sulfonamides is 1. The van der Waals surface area contributed by atoms with Gasteiger partial charge in [0.05, 0.1) is 17.5 Å². The third kappa shape index (κ3) is 7.70. The van der Waals surface area contributed by atoms with Gasteiger partial charge in [-0.15, -0.1) is 0 Å². The topological polar surface area (TPSA) is 72.9 Å². The SMILES string of the molecule is Cc1cc(C)c(S(=O)(=O)N(Cc2ccccc2)[C@H](C)[C@@H](OC(=O)COCc2ccccc2)c2ccccc2)c(C)c1. The third-order valence-electron chi connectivity index (χ3n) is 6.96. The summed E-state index contributed by atoms with van der Waals surface area (Å²) in [4.78, 5) is 13.3. The summed E-state index contributed by atoms with van der Waals surface area (Å²) < 4.78 is 42.0. The summed E-state index contributed by atoms with van der Waals surface area (Å²) in [5, 5.41) is 0. The lowest BCUT2D eigenvalue weighted by Gasteiger charge is -2.34. The molecular formula is C34H37NO5S. The number of benzene rings is 4. The molecule has 0 saturated heterocycles. The van der Waals surface area contributed by atoms with E-state index in [2.05, 4.69) is 0 Å². The zero-order chi connectivity index (χ0) is 29.4. The van der Waals surface area contributed by atoms with E-state index < -0.39 is 28.1 Å². The molecule has 6 nitrogen and oxygen atoms in total. The maximum atomic E-state index is 14.4. The van der Waals surface area contributed by atoms with Crippen LogP contribution < -0.4 is 0 Å². The number of carbonyl (C=O) groups excluding carboxylic acids is 1. The monoisotopic (exact) mass is 571 g/mol. The van der Waals surface area contributed by atoms with Crippen molar-refractivity contribution in [1.82, 2.24) is 4.31 Å². The summed E-state index contributed by atoms with van der Waals surface area (Å²) in [5.74, 6) is -0.568. The predicted molar refractivity (Wildman–Crippen MR) is 161 cm³/mol. The van der Waals surface area contributed by atoms with Gasteiger partial charge in [0, 0.05) is 6.54 Å². The fourth-order valence-corrected chi connectivity index (χ4v) is 7.18. The van der Waals surface area contributed by atoms with Gasteiger partial charge >= 0.3 is 5.97 Å². The molecule has 7 heteroatoms. The molecule has 0 unspecified atom stereocenters. The first-order valence-corrected chi connectivity index (χ1v) is 15.1. The Labute approximate surface area is 243 Å². The number of hydrogen-bond acceptors (Lipinski definition) is 5. The van der Waals surface area contributed by atoms with Gasteiger partial charge in [-0.05, 0) is 55.5 Å². The van der Waals surface area contributed by atoms with Gasteiger partial charge in [-0.3, -0.25) is 0 Å². The highest BCUT2D eigenvalue weighted by Gasteiger charge is 2.38. The van der Waals surface area contributed by atoms with Crippen LogP contribution in [-0.4, -0.2) is 31.3 Å². The van der Waals surface area contributed by atoms with Crippen LogP contribution in [-0.2, 0) is 37.4 Å². The molecule has 0 aliphatic heterocycles. The summed E-state index contributed by atoms with van der Waals surface area (Å²) in [6.07, 6.45) is -0.867. The Bertz CT molecular complexity index is 1520. The molecule has 4 aromatic rings. The van der Waals surface area contributed by atoms with Gasteiger partial charge in [-0.25, -0.2) is 13.2 Å². The van der Waals surface area contributed by atoms with Crippen LogP contribution in [0, 0.1) is 20.8 Å². The molecule has 0 radical (unpaired) electrons. The maximum Gasteiger partial charge on any atom is 0.332 e. The molecule has 0 N–H and O–H groups in total. The van der Waals surface area contributed by atoms with Crippen LogP contribution in [0.4, 0.5) is 0 Å². The molecule has 41 heavy (non-hydrogen) atoms. The van der Waals surface area contributed by atoms with E-state index in [1.165, 1.54) is 4.31 Å². The van der Waals surface area contributed by atoms with Crippen molar-refractivity contribution in [3.8, 4) is 0 Å². The van der Waals surface area contributed by atoms with E-state index in [4.69, 9.17) is 9.47 Å². The van der Waals surface area contributed by atoms with Crippen molar-refractivity contribution >= 4 is 16.0 Å². The molecule has 2 atom stereocenters. The van der Waals surface area contributed by atoms with Crippen molar-refractivity contribution in [3.05, 3.63) is 137 Å². The minimum Gasteiger partial charge on any atom is -0.454 e. The number of esters is 1. The lowest BCUT2D eigenvalue weighted by molar-refractivity contribution is -0.158. The molecule has 0 amide bonds. The number of carbonyl (C=O) groups is 1. The summed E-state index contributed by atoms with van der Waals surface area (Å²) in [5.41, 5.74) is 4.81. The van der Waals surface area contributed by atoms with Gasteiger partial charge < -0.3 is 9.47 Å². The van der Waals surface area contributed by atoms with E-state index in [1.54, 1.807) is 6.92 Å². The molecule has 214 valence electrons. The van der Waals surface area contributed by atoms with Crippen LogP contribution in [0.1, 0.15) is 46.4 Å². The predicted octanol–water partition coefficient (Wildman–Crippen LogP) is 6.69. The molecule has 0 fully saturated rings. The second-order valence-electron chi connectivity index (χ2n) is 10.3. The number of rotatable bonds is 12. The zero-order valence-corrected chi connectivity index (χ0v) is 24.8. The fourth-order valence-electron chi connectivity index (χ4n) is 5.14. The highest BCUT2D eigenvalue weighted by atomic mass is 32.2. The fraction of sp³-hybridized carbons (Fsp3) is 0.265. The average molecular weight is 572 g/mol. The van der Waals surface area contributed by atoms with Crippen LogP contribution in [0.3, 0.4) is 0 Å². The molecule has 0 saturated carbocycles. The molecule has 4 rings (SSSR count). The van der Waals surface area contributed by atoms with Crippen LogP contribution in [0.25, 0.3) is 0 Å². The standard InChI is InChI=1S/C34H37NO5S/c1-25-20-26(2)34(27(3)21-25)41(37,38)35(22-29-14-8-5-9-15-29)28(4)33(31-18-12-7-13-19-31)40-32(36)24-39-23-30-16-10-6-11-17-30/h5-21,28,33H,22-24H2,1-4H3/t28-,33-/m1/s1. The second-order valence-corrected chi connectivity index (χ2v) is 12.1. The van der Waals surface area contributed by atoms with Crippen molar-refractivity contribution in [2.45, 2.75) is 57.9 Å². The highest BCUT2D eigenvalue weighted by Crippen LogP contribution is 2.33. The molecule has 0 aromatic heterocycles. The Morgan fingerprint density at radius 2 is 1.29 bits per heavy atom. The Hall–Kier alpha value is -3.78. The first kappa shape index (κ1) is 30.2. The first-order valence-electron chi connectivity index (χ1n) is 13.7. The summed E-state index contributed by atoms with van der Waals surface area (Å²) >= 11 is 0. The number of hydrogen-bond donors (Lipinski definition) is 0. The number of ether oxygens (including phenoxy) is 2. The Balaban J connectivity index is 1.68. The van der Waals surface area contributed by atoms with E-state index in [0.29, 0.717) is 16.7 Å². The Morgan fingerprint density at radius 1 is 0.780 bits per heavy atom. The average Bonchev–Trinajstić information content (AvgIpc) is 2.95. The van der Waals surface area contributed by atoms with Crippen LogP contribution >= 0.6 is 0 Å². The van der Waals surface area contributed by atoms with Gasteiger partial charge in [-0.1, -0.05) is 109 Å². The largest absolute Gasteiger partial charge is 0.454 e. The summed E-state index contributed by atoms with van der Waals surface area (Å²) in [6.45, 7) is 7.49. The van der Waals surface area contributed by atoms with Crippen molar-refractivity contribution in [2.75, 3.05) is 6.61 Å². The van der Waals surface area contributed by atoms with E-state index in [0.717, 1.165) is 16.7 Å². The van der Waals surface area contributed by atoms with Crippen LogP contribution in [0.5, 0.6) is 0 Å². The van der Waals surface area contributed by atoms with Gasteiger partial charge in [0.2, 0.25) is 10.0 Å². The molecule has 0 spiro atoms. The second kappa shape index (κ2) is 13.7. The molecule has 0 aliphatic rings. The quantitative estimate of drug-likeness (QED) is 0.177. The van der Waals surface area contributed by atoms with Gasteiger partial charge in [0.1, 0.15) is 12.7 Å². The number of nitrogens with zero attached hydrogens (tertiary/aromatic N) is 1. The van der Waals surface area contributed by atoms with E-state index in [-0.39, 0.29) is 24.7 Å². The molecule has 0 aliphatic carbocycles. The molecule has 0 bridgehead atoms. The van der Waals surface area contributed by atoms with Gasteiger partial charge in [-0.2, -0.15) is 4.31 Å². The lowest BCUT2D eigenvalue weighted by Crippen LogP contribution is -2.43. The number of aryl methyl sites for hydroxylation is 3. The van der Waals surface area contributed by atoms with Crippen molar-refractivity contribution in [2.24, 2.45) is 0 Å².